The molecule has 1 aromatic rings. The molecule has 0 aromatic heterocycles. The second-order valence-corrected chi connectivity index (χ2v) is 3.26. The number of hydrogen-bond donors (Lipinski definition) is 0. The molecule has 0 N–H and O–H groups in total. The highest BCUT2D eigenvalue weighted by molar-refractivity contribution is 5.41. The zero-order valence-electron chi connectivity index (χ0n) is 8.56. The maximum Gasteiger partial charge on any atom is 0.422 e. The minimum atomic E-state index is -4.76. The van der Waals surface area contributed by atoms with Crippen LogP contribution in [0.15, 0.2) is 18.2 Å². The number of hydrogen-bond acceptors (Lipinski definition) is 2. The summed E-state index contributed by atoms with van der Waals surface area (Å²) in [6.07, 6.45) is -9.43. The Morgan fingerprint density at radius 1 is 1.06 bits per heavy atom. The number of alkyl halides is 6. The van der Waals surface area contributed by atoms with Crippen LogP contribution in [0.1, 0.15) is 11.1 Å². The molecule has 0 spiro atoms. The van der Waals surface area contributed by atoms with Crippen molar-refractivity contribution in [1.29, 1.82) is 5.26 Å². The minimum absolute atomic E-state index is 0.409. The van der Waals surface area contributed by atoms with Gasteiger partial charge in [0.2, 0.25) is 0 Å². The maximum atomic E-state index is 12.4. The summed E-state index contributed by atoms with van der Waals surface area (Å²) in [5, 5.41) is 8.49. The van der Waals surface area contributed by atoms with Gasteiger partial charge in [0.15, 0.2) is 6.61 Å². The zero-order chi connectivity index (χ0) is 14.0. The predicted octanol–water partition coefficient (Wildman–Crippen LogP) is 3.52. The third-order valence-electron chi connectivity index (χ3n) is 1.77. The molecule has 18 heavy (non-hydrogen) atoms. The van der Waals surface area contributed by atoms with Crippen LogP contribution in [0, 0.1) is 11.3 Å². The molecule has 0 atom stereocenters. The van der Waals surface area contributed by atoms with Gasteiger partial charge in [-0.1, -0.05) is 0 Å². The van der Waals surface area contributed by atoms with Crippen LogP contribution < -0.4 is 4.74 Å². The fraction of sp³-hybridized carbons (Fsp3) is 0.300. The van der Waals surface area contributed by atoms with Gasteiger partial charge >= 0.3 is 12.4 Å². The van der Waals surface area contributed by atoms with Gasteiger partial charge in [0.05, 0.1) is 17.2 Å². The summed E-state index contributed by atoms with van der Waals surface area (Å²) < 4.78 is 76.8. The highest BCUT2D eigenvalue weighted by Crippen LogP contribution is 2.33. The van der Waals surface area contributed by atoms with Crippen molar-refractivity contribution in [3.05, 3.63) is 29.3 Å². The van der Waals surface area contributed by atoms with Crippen molar-refractivity contribution in [2.75, 3.05) is 6.61 Å². The lowest BCUT2D eigenvalue weighted by molar-refractivity contribution is -0.153. The summed E-state index contributed by atoms with van der Waals surface area (Å²) in [6, 6.07) is 3.16. The van der Waals surface area contributed by atoms with Crippen molar-refractivity contribution in [1.82, 2.24) is 0 Å². The van der Waals surface area contributed by atoms with E-state index >= 15 is 0 Å². The van der Waals surface area contributed by atoms with Gasteiger partial charge in [0.1, 0.15) is 5.75 Å². The van der Waals surface area contributed by atoms with Crippen molar-refractivity contribution in [3.63, 3.8) is 0 Å². The Morgan fingerprint density at radius 2 is 1.67 bits per heavy atom. The summed E-state index contributed by atoms with van der Waals surface area (Å²) in [7, 11) is 0. The molecule has 0 saturated heterocycles. The van der Waals surface area contributed by atoms with Crippen LogP contribution >= 0.6 is 0 Å². The number of halogens is 6. The highest BCUT2D eigenvalue weighted by atomic mass is 19.4. The second-order valence-electron chi connectivity index (χ2n) is 3.26. The van der Waals surface area contributed by atoms with Crippen molar-refractivity contribution < 1.29 is 31.1 Å². The van der Waals surface area contributed by atoms with Gasteiger partial charge in [-0.15, -0.1) is 0 Å². The molecule has 8 heteroatoms. The van der Waals surface area contributed by atoms with Crippen LogP contribution in [-0.4, -0.2) is 12.8 Å². The molecule has 0 aliphatic rings. The van der Waals surface area contributed by atoms with Crippen molar-refractivity contribution in [2.24, 2.45) is 0 Å². The largest absolute Gasteiger partial charge is 0.484 e. The van der Waals surface area contributed by atoms with E-state index in [1.54, 1.807) is 0 Å². The van der Waals surface area contributed by atoms with Crippen LogP contribution in [-0.2, 0) is 6.18 Å². The molecular weight excluding hydrogens is 264 g/mol. The Balaban J connectivity index is 3.03. The number of benzene rings is 1. The van der Waals surface area contributed by atoms with Crippen LogP contribution in [0.25, 0.3) is 0 Å². The van der Waals surface area contributed by atoms with E-state index in [2.05, 4.69) is 4.74 Å². The smallest absolute Gasteiger partial charge is 0.422 e. The molecule has 2 nitrogen and oxygen atoms in total. The van der Waals surface area contributed by atoms with Gasteiger partial charge in [0.25, 0.3) is 0 Å². The lowest BCUT2D eigenvalue weighted by Gasteiger charge is -2.12. The van der Waals surface area contributed by atoms with E-state index in [-0.39, 0.29) is 0 Å². The minimum Gasteiger partial charge on any atom is -0.484 e. The van der Waals surface area contributed by atoms with Gasteiger partial charge in [0, 0.05) is 0 Å². The summed E-state index contributed by atoms with van der Waals surface area (Å²) in [5.41, 5.74) is -1.67. The van der Waals surface area contributed by atoms with E-state index in [0.29, 0.717) is 12.1 Å². The molecule has 0 amide bonds. The van der Waals surface area contributed by atoms with Crippen LogP contribution in [0.2, 0.25) is 0 Å². The molecular formula is C10H5F6NO. The average Bonchev–Trinajstić information content (AvgIpc) is 2.24. The fourth-order valence-electron chi connectivity index (χ4n) is 1.08. The molecule has 0 bridgehead atoms. The molecule has 0 fully saturated rings. The molecule has 0 unspecified atom stereocenters. The van der Waals surface area contributed by atoms with Crippen LogP contribution in [0.4, 0.5) is 26.3 Å². The Hall–Kier alpha value is -1.91. The maximum absolute atomic E-state index is 12.4. The van der Waals surface area contributed by atoms with E-state index in [1.807, 2.05) is 0 Å². The third kappa shape index (κ3) is 4.16. The number of rotatable bonds is 2. The summed E-state index contributed by atoms with van der Waals surface area (Å²) in [4.78, 5) is 0. The van der Waals surface area contributed by atoms with Gasteiger partial charge in [-0.25, -0.2) is 0 Å². The topological polar surface area (TPSA) is 33.0 Å². The van der Waals surface area contributed by atoms with E-state index in [9.17, 15) is 26.3 Å². The van der Waals surface area contributed by atoms with Crippen LogP contribution in [0.3, 0.4) is 0 Å². The Kier molecular flexibility index (Phi) is 3.74. The van der Waals surface area contributed by atoms with Crippen molar-refractivity contribution in [2.45, 2.75) is 12.4 Å². The molecule has 0 heterocycles. The number of nitriles is 1. The van der Waals surface area contributed by atoms with E-state index in [1.165, 1.54) is 6.07 Å². The second kappa shape index (κ2) is 4.76. The molecule has 0 aliphatic heterocycles. The normalized spacial score (nSPS) is 12.1. The summed E-state index contributed by atoms with van der Waals surface area (Å²) >= 11 is 0. The number of ether oxygens (including phenoxy) is 1. The standard InChI is InChI=1S/C10H5F6NO/c11-9(12,13)5-18-8-2-6(4-17)1-7(3-8)10(14,15)16/h1-3H,5H2. The molecule has 0 radical (unpaired) electrons. The van der Waals surface area contributed by atoms with E-state index in [4.69, 9.17) is 5.26 Å². The van der Waals surface area contributed by atoms with E-state index in [0.717, 1.165) is 6.07 Å². The Bertz CT molecular complexity index is 471. The first-order valence-electron chi connectivity index (χ1n) is 4.44. The lowest BCUT2D eigenvalue weighted by Crippen LogP contribution is -2.19. The van der Waals surface area contributed by atoms with Gasteiger partial charge in [-0.2, -0.15) is 31.6 Å². The molecule has 98 valence electrons. The first-order valence-corrected chi connectivity index (χ1v) is 4.44. The molecule has 1 rings (SSSR count). The first kappa shape index (κ1) is 14.2. The van der Waals surface area contributed by atoms with E-state index < -0.39 is 35.8 Å². The monoisotopic (exact) mass is 269 g/mol. The Labute approximate surface area is 97.4 Å². The average molecular weight is 269 g/mol. The number of nitrogens with zero attached hydrogens (tertiary/aromatic N) is 1. The zero-order valence-corrected chi connectivity index (χ0v) is 8.56. The first-order chi connectivity index (χ1) is 8.12. The van der Waals surface area contributed by atoms with Crippen molar-refractivity contribution >= 4 is 0 Å². The Morgan fingerprint density at radius 3 is 2.11 bits per heavy atom. The lowest BCUT2D eigenvalue weighted by atomic mass is 10.1. The predicted molar refractivity (Wildman–Crippen MR) is 47.7 cm³/mol. The van der Waals surface area contributed by atoms with Gasteiger partial charge in [-0.05, 0) is 18.2 Å². The fourth-order valence-corrected chi connectivity index (χ4v) is 1.08. The van der Waals surface area contributed by atoms with Crippen molar-refractivity contribution in [3.8, 4) is 11.8 Å². The molecule has 1 aromatic carbocycles. The quantitative estimate of drug-likeness (QED) is 0.769. The highest BCUT2D eigenvalue weighted by Gasteiger charge is 2.32. The third-order valence-corrected chi connectivity index (χ3v) is 1.77. The summed E-state index contributed by atoms with van der Waals surface area (Å²) in [5.74, 6) is -0.654. The molecule has 0 aliphatic carbocycles. The molecule has 0 saturated carbocycles. The SMILES string of the molecule is N#Cc1cc(OCC(F)(F)F)cc(C(F)(F)F)c1. The van der Waals surface area contributed by atoms with Gasteiger partial charge < -0.3 is 4.74 Å². The van der Waals surface area contributed by atoms with Crippen LogP contribution in [0.5, 0.6) is 5.75 Å². The van der Waals surface area contributed by atoms with Gasteiger partial charge in [-0.3, -0.25) is 0 Å². The summed E-state index contributed by atoms with van der Waals surface area (Å²) in [6.45, 7) is -1.72.